The molecular formula is C16H18INO2. The summed E-state index contributed by atoms with van der Waals surface area (Å²) in [6, 6.07) is 13.9. The Morgan fingerprint density at radius 2 is 1.85 bits per heavy atom. The van der Waals surface area contributed by atoms with Gasteiger partial charge < -0.3 is 15.2 Å². The number of rotatable bonds is 5. The summed E-state index contributed by atoms with van der Waals surface area (Å²) >= 11 is 2.29. The number of methoxy groups -OCH3 is 1. The first-order chi connectivity index (χ1) is 9.60. The van der Waals surface area contributed by atoms with Gasteiger partial charge in [0.2, 0.25) is 0 Å². The zero-order valence-corrected chi connectivity index (χ0v) is 13.8. The molecule has 0 aliphatic heterocycles. The van der Waals surface area contributed by atoms with Crippen LogP contribution in [-0.2, 0) is 6.61 Å². The lowest BCUT2D eigenvalue weighted by Crippen LogP contribution is -2.08. The van der Waals surface area contributed by atoms with Gasteiger partial charge in [-0.1, -0.05) is 18.2 Å². The average molecular weight is 383 g/mol. The van der Waals surface area contributed by atoms with Gasteiger partial charge in [0, 0.05) is 21.2 Å². The van der Waals surface area contributed by atoms with E-state index in [1.807, 2.05) is 25.1 Å². The fourth-order valence-electron chi connectivity index (χ4n) is 1.88. The Labute approximate surface area is 133 Å². The van der Waals surface area contributed by atoms with Crippen molar-refractivity contribution in [2.45, 2.75) is 19.6 Å². The van der Waals surface area contributed by atoms with Crippen LogP contribution in [0.1, 0.15) is 24.1 Å². The van der Waals surface area contributed by atoms with Crippen LogP contribution in [0, 0.1) is 3.57 Å². The van der Waals surface area contributed by atoms with Gasteiger partial charge in [0.15, 0.2) is 0 Å². The van der Waals surface area contributed by atoms with Crippen LogP contribution in [0.25, 0.3) is 0 Å². The predicted octanol–water partition coefficient (Wildman–Crippen LogP) is 3.90. The lowest BCUT2D eigenvalue weighted by molar-refractivity contribution is 0.299. The molecule has 0 aliphatic carbocycles. The number of benzene rings is 2. The second kappa shape index (κ2) is 6.95. The standard InChI is InChI=1S/C16H18INO2/c1-11(18)15-8-7-14(19-2)9-16(15)20-10-12-3-5-13(17)6-4-12/h3-9,11H,10,18H2,1-2H3/t11-/m0/s1. The molecule has 1 atom stereocenters. The molecule has 3 nitrogen and oxygen atoms in total. The largest absolute Gasteiger partial charge is 0.497 e. The quantitative estimate of drug-likeness (QED) is 0.797. The van der Waals surface area contributed by atoms with Crippen molar-refractivity contribution in [3.05, 3.63) is 57.2 Å². The van der Waals surface area contributed by atoms with Gasteiger partial charge in [0.1, 0.15) is 18.1 Å². The second-order valence-electron chi connectivity index (χ2n) is 4.61. The number of nitrogens with two attached hydrogens (primary N) is 1. The summed E-state index contributed by atoms with van der Waals surface area (Å²) in [5.74, 6) is 1.55. The first-order valence-electron chi connectivity index (χ1n) is 6.41. The normalized spacial score (nSPS) is 12.0. The molecule has 0 fully saturated rings. The molecule has 20 heavy (non-hydrogen) atoms. The molecule has 0 radical (unpaired) electrons. The predicted molar refractivity (Wildman–Crippen MR) is 89.1 cm³/mol. The van der Waals surface area contributed by atoms with Crippen molar-refractivity contribution >= 4 is 22.6 Å². The number of hydrogen-bond acceptors (Lipinski definition) is 3. The van der Waals surface area contributed by atoms with Crippen molar-refractivity contribution in [2.75, 3.05) is 7.11 Å². The minimum absolute atomic E-state index is 0.0763. The van der Waals surface area contributed by atoms with E-state index >= 15 is 0 Å². The zero-order valence-electron chi connectivity index (χ0n) is 11.6. The third kappa shape index (κ3) is 3.86. The van der Waals surface area contributed by atoms with Gasteiger partial charge in [-0.2, -0.15) is 0 Å². The molecule has 0 aliphatic rings. The van der Waals surface area contributed by atoms with Gasteiger partial charge in [0.25, 0.3) is 0 Å². The van der Waals surface area contributed by atoms with Crippen molar-refractivity contribution in [3.8, 4) is 11.5 Å². The van der Waals surface area contributed by atoms with E-state index in [9.17, 15) is 0 Å². The number of ether oxygens (including phenoxy) is 2. The molecule has 0 aromatic heterocycles. The highest BCUT2D eigenvalue weighted by Gasteiger charge is 2.10. The van der Waals surface area contributed by atoms with Crippen molar-refractivity contribution in [1.29, 1.82) is 0 Å². The minimum atomic E-state index is -0.0763. The number of hydrogen-bond donors (Lipinski definition) is 1. The van der Waals surface area contributed by atoms with Crippen LogP contribution in [0.2, 0.25) is 0 Å². The molecule has 4 heteroatoms. The van der Waals surface area contributed by atoms with Crippen LogP contribution in [0.4, 0.5) is 0 Å². The van der Waals surface area contributed by atoms with E-state index in [4.69, 9.17) is 15.2 Å². The van der Waals surface area contributed by atoms with Crippen LogP contribution in [0.3, 0.4) is 0 Å². The molecule has 0 saturated carbocycles. The molecule has 0 amide bonds. The maximum atomic E-state index is 5.97. The Morgan fingerprint density at radius 3 is 2.45 bits per heavy atom. The van der Waals surface area contributed by atoms with Gasteiger partial charge in [-0.05, 0) is 53.3 Å². The van der Waals surface area contributed by atoms with Crippen molar-refractivity contribution in [2.24, 2.45) is 5.73 Å². The molecule has 0 saturated heterocycles. The summed E-state index contributed by atoms with van der Waals surface area (Å²) < 4.78 is 12.4. The van der Waals surface area contributed by atoms with E-state index in [0.717, 1.165) is 22.6 Å². The fourth-order valence-corrected chi connectivity index (χ4v) is 2.24. The third-order valence-electron chi connectivity index (χ3n) is 3.02. The SMILES string of the molecule is COc1ccc([C@H](C)N)c(OCc2ccc(I)cc2)c1. The van der Waals surface area contributed by atoms with Gasteiger partial charge in [-0.3, -0.25) is 0 Å². The van der Waals surface area contributed by atoms with E-state index in [0.29, 0.717) is 6.61 Å². The molecule has 2 aromatic rings. The van der Waals surface area contributed by atoms with Crippen LogP contribution in [-0.4, -0.2) is 7.11 Å². The van der Waals surface area contributed by atoms with Crippen molar-refractivity contribution in [3.63, 3.8) is 0 Å². The Hall–Kier alpha value is -1.27. The molecule has 2 N–H and O–H groups in total. The summed E-state index contributed by atoms with van der Waals surface area (Å²) in [7, 11) is 1.64. The first kappa shape index (κ1) is 15.1. The average Bonchev–Trinajstić information content (AvgIpc) is 2.46. The van der Waals surface area contributed by atoms with E-state index in [1.165, 1.54) is 3.57 Å². The van der Waals surface area contributed by atoms with Crippen LogP contribution >= 0.6 is 22.6 Å². The molecule has 0 spiro atoms. The molecule has 0 bridgehead atoms. The smallest absolute Gasteiger partial charge is 0.128 e. The monoisotopic (exact) mass is 383 g/mol. The van der Waals surface area contributed by atoms with Gasteiger partial charge in [0.05, 0.1) is 7.11 Å². The van der Waals surface area contributed by atoms with Crippen LogP contribution in [0.15, 0.2) is 42.5 Å². The molecule has 2 rings (SSSR count). The highest BCUT2D eigenvalue weighted by molar-refractivity contribution is 14.1. The highest BCUT2D eigenvalue weighted by Crippen LogP contribution is 2.29. The van der Waals surface area contributed by atoms with E-state index < -0.39 is 0 Å². The van der Waals surface area contributed by atoms with Gasteiger partial charge in [-0.25, -0.2) is 0 Å². The van der Waals surface area contributed by atoms with E-state index in [1.54, 1.807) is 7.11 Å². The first-order valence-corrected chi connectivity index (χ1v) is 7.49. The molecule has 2 aromatic carbocycles. The fraction of sp³-hybridized carbons (Fsp3) is 0.250. The zero-order chi connectivity index (χ0) is 14.5. The molecule has 0 heterocycles. The van der Waals surface area contributed by atoms with Gasteiger partial charge >= 0.3 is 0 Å². The van der Waals surface area contributed by atoms with E-state index in [2.05, 4.69) is 46.9 Å². The lowest BCUT2D eigenvalue weighted by Gasteiger charge is -2.15. The molecule has 0 unspecified atom stereocenters. The highest BCUT2D eigenvalue weighted by atomic mass is 127. The second-order valence-corrected chi connectivity index (χ2v) is 5.85. The Balaban J connectivity index is 2.16. The van der Waals surface area contributed by atoms with E-state index in [-0.39, 0.29) is 6.04 Å². The van der Waals surface area contributed by atoms with Crippen LogP contribution < -0.4 is 15.2 Å². The summed E-state index contributed by atoms with van der Waals surface area (Å²) in [6.07, 6.45) is 0. The maximum Gasteiger partial charge on any atom is 0.128 e. The summed E-state index contributed by atoms with van der Waals surface area (Å²) in [5.41, 5.74) is 8.08. The van der Waals surface area contributed by atoms with Crippen molar-refractivity contribution in [1.82, 2.24) is 0 Å². The van der Waals surface area contributed by atoms with Crippen molar-refractivity contribution < 1.29 is 9.47 Å². The Morgan fingerprint density at radius 1 is 1.15 bits per heavy atom. The number of halogens is 1. The molecular weight excluding hydrogens is 365 g/mol. The minimum Gasteiger partial charge on any atom is -0.497 e. The summed E-state index contributed by atoms with van der Waals surface area (Å²) in [5, 5.41) is 0. The molecule has 106 valence electrons. The van der Waals surface area contributed by atoms with Gasteiger partial charge in [-0.15, -0.1) is 0 Å². The Bertz CT molecular complexity index is 567. The lowest BCUT2D eigenvalue weighted by atomic mass is 10.1. The van der Waals surface area contributed by atoms with Crippen LogP contribution in [0.5, 0.6) is 11.5 Å². The summed E-state index contributed by atoms with van der Waals surface area (Å²) in [4.78, 5) is 0. The third-order valence-corrected chi connectivity index (χ3v) is 3.74. The summed E-state index contributed by atoms with van der Waals surface area (Å²) in [6.45, 7) is 2.46. The maximum absolute atomic E-state index is 5.97. The topological polar surface area (TPSA) is 44.5 Å². The Kier molecular flexibility index (Phi) is 5.25.